The molecule has 4 N–H and O–H groups in total. The Bertz CT molecular complexity index is 3040. The molecule has 9 rings (SSSR count). The monoisotopic (exact) mass is 802 g/mol. The van der Waals surface area contributed by atoms with Gasteiger partial charge in [0.15, 0.2) is 0 Å². The van der Waals surface area contributed by atoms with Crippen molar-refractivity contribution in [2.45, 2.75) is 23.6 Å². The molecule has 3 aromatic heterocycles. The van der Waals surface area contributed by atoms with E-state index in [1.807, 2.05) is 62.4 Å². The molecule has 286 valence electrons. The van der Waals surface area contributed by atoms with Crippen molar-refractivity contribution in [2.75, 3.05) is 0 Å². The third-order valence-electron chi connectivity index (χ3n) is 10.3. The van der Waals surface area contributed by atoms with Gasteiger partial charge in [-0.3, -0.25) is 9.11 Å². The Hall–Kier alpha value is -6.70. The first-order valence-corrected chi connectivity index (χ1v) is 21.1. The molecule has 0 spiro atoms. The molecule has 0 atom stereocenters. The van der Waals surface area contributed by atoms with Gasteiger partial charge in [-0.1, -0.05) is 83.9 Å². The Morgan fingerprint density at radius 2 is 0.621 bits per heavy atom. The zero-order valence-corrected chi connectivity index (χ0v) is 32.7. The summed E-state index contributed by atoms with van der Waals surface area (Å²) in [6.45, 7) is 4.08. The SMILES string of the molecule is Cc1ccc(-c2c3nc(c(-c4ccc(C)cc4)c4ccc([nH]4)c(-c4ccc(S(=O)(=O)O)cc4)c4nc(c(-c5ccc(S(=O)(=O)O)cc5)c5ccc2[nH]5)C=C4)C=C3)cc1. The number of aryl methyl sites for hydroxylation is 2. The van der Waals surface area contributed by atoms with Gasteiger partial charge in [-0.05, 0) is 109 Å². The quantitative estimate of drug-likeness (QED) is 0.121. The Morgan fingerprint density at radius 1 is 0.379 bits per heavy atom. The third kappa shape index (κ3) is 6.88. The highest BCUT2D eigenvalue weighted by atomic mass is 32.2. The molecule has 2 aliphatic rings. The van der Waals surface area contributed by atoms with Crippen LogP contribution in [0.25, 0.3) is 90.9 Å². The number of hydrogen-bond donors (Lipinski definition) is 4. The number of H-pyrrole nitrogens is 2. The minimum atomic E-state index is -4.44. The number of fused-ring (bicyclic) bond motifs is 8. The summed E-state index contributed by atoms with van der Waals surface area (Å²) in [7, 11) is -8.89. The second kappa shape index (κ2) is 14.0. The topological polar surface area (TPSA) is 166 Å². The molecule has 0 saturated carbocycles. The standard InChI is InChI=1S/C46H34N4O6S2/c1-27-3-7-29(8-4-27)43-35-19-20-36(47-35)44(30-9-5-28(2)6-10-30)38-22-24-40(49-38)46(32-13-17-34(18-14-32)58(54,55)56)42-26-25-41(50-42)45(39-23-21-37(43)48-39)31-11-15-33(16-12-31)57(51,52)53/h3-26,48-49H,1-2H3,(H,51,52,53)(H,54,55,56). The highest BCUT2D eigenvalue weighted by molar-refractivity contribution is 7.86. The molecule has 0 radical (unpaired) electrons. The van der Waals surface area contributed by atoms with E-state index in [4.69, 9.17) is 9.97 Å². The molecule has 0 saturated heterocycles. The molecular weight excluding hydrogens is 769 g/mol. The van der Waals surface area contributed by atoms with Crippen molar-refractivity contribution in [1.29, 1.82) is 0 Å². The van der Waals surface area contributed by atoms with Gasteiger partial charge in [-0.2, -0.15) is 16.8 Å². The Balaban J connectivity index is 1.44. The van der Waals surface area contributed by atoms with Crippen molar-refractivity contribution in [1.82, 2.24) is 19.9 Å². The molecule has 0 unspecified atom stereocenters. The second-order valence-corrected chi connectivity index (χ2v) is 17.1. The van der Waals surface area contributed by atoms with Crippen LogP contribution in [-0.4, -0.2) is 45.9 Å². The lowest BCUT2D eigenvalue weighted by Crippen LogP contribution is -1.97. The summed E-state index contributed by atoms with van der Waals surface area (Å²) in [5.41, 5.74) is 14.1. The lowest BCUT2D eigenvalue weighted by atomic mass is 10.0. The number of benzene rings is 4. The number of rotatable bonds is 6. The smallest absolute Gasteiger partial charge is 0.294 e. The molecule has 0 fully saturated rings. The van der Waals surface area contributed by atoms with Crippen LogP contribution in [0.2, 0.25) is 0 Å². The molecule has 2 aliphatic heterocycles. The van der Waals surface area contributed by atoms with Crippen molar-refractivity contribution < 1.29 is 25.9 Å². The molecule has 7 aromatic rings. The van der Waals surface area contributed by atoms with Crippen molar-refractivity contribution in [3.8, 4) is 44.5 Å². The summed E-state index contributed by atoms with van der Waals surface area (Å²) < 4.78 is 67.6. The van der Waals surface area contributed by atoms with Crippen LogP contribution >= 0.6 is 0 Å². The van der Waals surface area contributed by atoms with Gasteiger partial charge in [0.05, 0.1) is 32.6 Å². The number of aromatic amines is 2. The summed E-state index contributed by atoms with van der Waals surface area (Å²) in [5.74, 6) is 0. The zero-order chi connectivity index (χ0) is 40.3. The van der Waals surface area contributed by atoms with Crippen molar-refractivity contribution >= 4 is 66.6 Å². The maximum atomic E-state index is 12.0. The number of nitrogens with one attached hydrogen (secondary N) is 2. The molecule has 58 heavy (non-hydrogen) atoms. The normalized spacial score (nSPS) is 12.6. The molecular formula is C46H34N4O6S2. The van der Waals surface area contributed by atoms with E-state index in [1.165, 1.54) is 24.3 Å². The van der Waals surface area contributed by atoms with Crippen LogP contribution in [0.15, 0.2) is 131 Å². The van der Waals surface area contributed by atoms with Crippen LogP contribution in [0.3, 0.4) is 0 Å². The average molecular weight is 803 g/mol. The van der Waals surface area contributed by atoms with Crippen LogP contribution in [0, 0.1) is 13.8 Å². The minimum absolute atomic E-state index is 0.241. The molecule has 8 bridgehead atoms. The van der Waals surface area contributed by atoms with Gasteiger partial charge in [0.25, 0.3) is 20.2 Å². The predicted octanol–water partition coefficient (Wildman–Crippen LogP) is 10.4. The predicted molar refractivity (Wildman–Crippen MR) is 230 cm³/mol. The van der Waals surface area contributed by atoms with Gasteiger partial charge in [-0.25, -0.2) is 9.97 Å². The minimum Gasteiger partial charge on any atom is -0.354 e. The highest BCUT2D eigenvalue weighted by Crippen LogP contribution is 2.39. The lowest BCUT2D eigenvalue weighted by molar-refractivity contribution is 0.481. The summed E-state index contributed by atoms with van der Waals surface area (Å²) in [4.78, 5) is 17.3. The van der Waals surface area contributed by atoms with Gasteiger partial charge < -0.3 is 9.97 Å². The Labute approximate surface area is 334 Å². The Kier molecular flexibility index (Phi) is 8.94. The third-order valence-corrected chi connectivity index (χ3v) is 12.1. The fraction of sp³-hybridized carbons (Fsp3) is 0.0435. The molecule has 12 heteroatoms. The van der Waals surface area contributed by atoms with E-state index >= 15 is 0 Å². The maximum absolute atomic E-state index is 12.0. The van der Waals surface area contributed by atoms with Gasteiger partial charge in [0, 0.05) is 44.3 Å². The van der Waals surface area contributed by atoms with Crippen LogP contribution in [0.1, 0.15) is 33.9 Å². The largest absolute Gasteiger partial charge is 0.354 e. The summed E-state index contributed by atoms with van der Waals surface area (Å²) in [6, 6.07) is 36.3. The van der Waals surface area contributed by atoms with E-state index in [1.54, 1.807) is 24.3 Å². The number of nitrogens with zero attached hydrogens (tertiary/aromatic N) is 2. The van der Waals surface area contributed by atoms with Crippen molar-refractivity contribution in [2.24, 2.45) is 0 Å². The number of aromatic nitrogens is 4. The molecule has 10 nitrogen and oxygen atoms in total. The van der Waals surface area contributed by atoms with Crippen molar-refractivity contribution in [3.05, 3.63) is 155 Å². The van der Waals surface area contributed by atoms with Crippen LogP contribution < -0.4 is 0 Å². The summed E-state index contributed by atoms with van der Waals surface area (Å²) in [5, 5.41) is 0. The van der Waals surface area contributed by atoms with E-state index in [0.29, 0.717) is 44.7 Å². The summed E-state index contributed by atoms with van der Waals surface area (Å²) >= 11 is 0. The van der Waals surface area contributed by atoms with Gasteiger partial charge >= 0.3 is 0 Å². The van der Waals surface area contributed by atoms with E-state index < -0.39 is 20.2 Å². The number of hydrogen-bond acceptors (Lipinski definition) is 6. The van der Waals surface area contributed by atoms with E-state index in [2.05, 4.69) is 58.5 Å². The molecule has 4 aromatic carbocycles. The highest BCUT2D eigenvalue weighted by Gasteiger charge is 2.20. The molecule has 0 amide bonds. The second-order valence-electron chi connectivity index (χ2n) is 14.2. The van der Waals surface area contributed by atoms with Crippen molar-refractivity contribution in [3.63, 3.8) is 0 Å². The van der Waals surface area contributed by atoms with Crippen LogP contribution in [0.5, 0.6) is 0 Å². The first kappa shape index (κ1) is 36.9. The Morgan fingerprint density at radius 3 is 0.862 bits per heavy atom. The average Bonchev–Trinajstić information content (AvgIpc) is 4.04. The first-order chi connectivity index (χ1) is 27.8. The lowest BCUT2D eigenvalue weighted by Gasteiger charge is -2.08. The fourth-order valence-electron chi connectivity index (χ4n) is 7.45. The van der Waals surface area contributed by atoms with Gasteiger partial charge in [0.2, 0.25) is 0 Å². The molecule has 0 aliphatic carbocycles. The van der Waals surface area contributed by atoms with E-state index in [-0.39, 0.29) is 9.79 Å². The molecule has 5 heterocycles. The first-order valence-electron chi connectivity index (χ1n) is 18.3. The van der Waals surface area contributed by atoms with Gasteiger partial charge in [-0.15, -0.1) is 0 Å². The van der Waals surface area contributed by atoms with Gasteiger partial charge in [0.1, 0.15) is 0 Å². The zero-order valence-electron chi connectivity index (χ0n) is 31.1. The van der Waals surface area contributed by atoms with E-state index in [9.17, 15) is 25.9 Å². The maximum Gasteiger partial charge on any atom is 0.294 e. The van der Waals surface area contributed by atoms with Crippen LogP contribution in [0.4, 0.5) is 0 Å². The van der Waals surface area contributed by atoms with E-state index in [0.717, 1.165) is 55.8 Å². The summed E-state index contributed by atoms with van der Waals surface area (Å²) in [6.07, 6.45) is 7.77. The van der Waals surface area contributed by atoms with Crippen LogP contribution in [-0.2, 0) is 20.2 Å². The fourth-order valence-corrected chi connectivity index (χ4v) is 8.41.